The third kappa shape index (κ3) is 4.72. The van der Waals surface area contributed by atoms with Crippen molar-refractivity contribution in [3.8, 4) is 22.5 Å². The van der Waals surface area contributed by atoms with E-state index in [0.29, 0.717) is 0 Å². The zero-order valence-electron chi connectivity index (χ0n) is 18.3. The number of benzene rings is 1. The van der Waals surface area contributed by atoms with Crippen LogP contribution in [0.3, 0.4) is 0 Å². The van der Waals surface area contributed by atoms with Crippen LogP contribution in [-0.2, 0) is 6.54 Å². The standard InChI is InChI=1S/C16H16N8.C6H13N/c1-3-24-19-9-14(23-24)10-4-5-11(16-12(10)8-18-22-16)13-6-7-15(17-2)21-20-13;1-7-5-3-2-4-6-7/h4-9H,3H2,1-2H3,(H,17,21)(H,18,22);2-6H2,1H3. The molecule has 31 heavy (non-hydrogen) atoms. The van der Waals surface area contributed by atoms with E-state index in [4.69, 9.17) is 0 Å². The molecular weight excluding hydrogens is 390 g/mol. The number of piperidine rings is 1. The van der Waals surface area contributed by atoms with Crippen molar-refractivity contribution in [1.82, 2.24) is 40.3 Å². The molecule has 1 aliphatic rings. The van der Waals surface area contributed by atoms with Gasteiger partial charge in [-0.3, -0.25) is 5.10 Å². The van der Waals surface area contributed by atoms with E-state index in [9.17, 15) is 0 Å². The Bertz CT molecular complexity index is 1110. The molecule has 3 aromatic heterocycles. The Morgan fingerprint density at radius 2 is 1.77 bits per heavy atom. The van der Waals surface area contributed by atoms with Crippen molar-refractivity contribution < 1.29 is 0 Å². The van der Waals surface area contributed by atoms with Crippen molar-refractivity contribution in [2.75, 3.05) is 32.5 Å². The lowest BCUT2D eigenvalue weighted by molar-refractivity contribution is 0.277. The Hall–Kier alpha value is -3.33. The molecule has 1 aromatic carbocycles. The van der Waals surface area contributed by atoms with Crippen molar-refractivity contribution in [3.63, 3.8) is 0 Å². The average molecular weight is 420 g/mol. The normalized spacial score (nSPS) is 14.3. The monoisotopic (exact) mass is 419 g/mol. The van der Waals surface area contributed by atoms with Gasteiger partial charge in [0, 0.05) is 23.6 Å². The highest BCUT2D eigenvalue weighted by Crippen LogP contribution is 2.32. The van der Waals surface area contributed by atoms with E-state index in [2.05, 4.69) is 47.9 Å². The Kier molecular flexibility index (Phi) is 6.51. The molecule has 5 rings (SSSR count). The van der Waals surface area contributed by atoms with Gasteiger partial charge in [-0.25, -0.2) is 0 Å². The van der Waals surface area contributed by atoms with Crippen LogP contribution in [0.5, 0.6) is 0 Å². The summed E-state index contributed by atoms with van der Waals surface area (Å²) in [7, 11) is 4.01. The van der Waals surface area contributed by atoms with E-state index in [1.54, 1.807) is 17.2 Å². The lowest BCUT2D eigenvalue weighted by Crippen LogP contribution is -2.24. The van der Waals surface area contributed by atoms with Crippen LogP contribution in [-0.4, -0.2) is 67.5 Å². The molecule has 0 radical (unpaired) electrons. The molecule has 9 heteroatoms. The highest BCUT2D eigenvalue weighted by atomic mass is 15.5. The zero-order chi connectivity index (χ0) is 21.6. The SMILES string of the molecule is CCn1ncc(-c2ccc(-c3ccc(NC)nn3)c3[nH]ncc23)n1.CN1CCCCC1. The van der Waals surface area contributed by atoms with E-state index < -0.39 is 0 Å². The van der Waals surface area contributed by atoms with Crippen molar-refractivity contribution in [1.29, 1.82) is 0 Å². The first-order valence-electron chi connectivity index (χ1n) is 10.8. The minimum atomic E-state index is 0.729. The quantitative estimate of drug-likeness (QED) is 0.522. The fraction of sp³-hybridized carbons (Fsp3) is 0.409. The number of fused-ring (bicyclic) bond motifs is 1. The Morgan fingerprint density at radius 3 is 2.39 bits per heavy atom. The predicted molar refractivity (Wildman–Crippen MR) is 123 cm³/mol. The van der Waals surface area contributed by atoms with Gasteiger partial charge in [0.2, 0.25) is 0 Å². The third-order valence-corrected chi connectivity index (χ3v) is 5.49. The highest BCUT2D eigenvalue weighted by molar-refractivity contribution is 6.01. The van der Waals surface area contributed by atoms with Gasteiger partial charge in [-0.1, -0.05) is 12.5 Å². The fourth-order valence-corrected chi connectivity index (χ4v) is 3.71. The minimum Gasteiger partial charge on any atom is -0.372 e. The van der Waals surface area contributed by atoms with Gasteiger partial charge in [-0.15, -0.1) is 10.2 Å². The summed E-state index contributed by atoms with van der Waals surface area (Å²) in [5, 5.41) is 28.3. The first-order valence-corrected chi connectivity index (χ1v) is 10.8. The van der Waals surface area contributed by atoms with Crippen LogP contribution in [0.1, 0.15) is 26.2 Å². The number of aromatic amines is 1. The summed E-state index contributed by atoms with van der Waals surface area (Å²) in [5.74, 6) is 0.729. The smallest absolute Gasteiger partial charge is 0.148 e. The summed E-state index contributed by atoms with van der Waals surface area (Å²) in [4.78, 5) is 4.06. The number of anilines is 1. The summed E-state index contributed by atoms with van der Waals surface area (Å²) in [6.45, 7) is 5.38. The second kappa shape index (κ2) is 9.65. The van der Waals surface area contributed by atoms with Crippen LogP contribution in [0.25, 0.3) is 33.4 Å². The molecule has 0 bridgehead atoms. The van der Waals surface area contributed by atoms with Crippen LogP contribution < -0.4 is 5.32 Å². The number of rotatable bonds is 4. The molecule has 0 saturated carbocycles. The van der Waals surface area contributed by atoms with Gasteiger partial charge in [0.05, 0.1) is 30.1 Å². The number of hydrogen-bond acceptors (Lipinski definition) is 7. The van der Waals surface area contributed by atoms with Gasteiger partial charge >= 0.3 is 0 Å². The summed E-state index contributed by atoms with van der Waals surface area (Å²) in [6.07, 6.45) is 7.85. The molecule has 0 spiro atoms. The number of aromatic nitrogens is 7. The first kappa shape index (κ1) is 20.9. The largest absolute Gasteiger partial charge is 0.372 e. The topological polar surface area (TPSA) is 100 Å². The summed E-state index contributed by atoms with van der Waals surface area (Å²) >= 11 is 0. The van der Waals surface area contributed by atoms with E-state index in [-0.39, 0.29) is 0 Å². The van der Waals surface area contributed by atoms with E-state index in [1.807, 2.05) is 38.2 Å². The van der Waals surface area contributed by atoms with Crippen molar-refractivity contribution in [2.24, 2.45) is 0 Å². The molecule has 0 aliphatic carbocycles. The van der Waals surface area contributed by atoms with Gasteiger partial charge < -0.3 is 10.2 Å². The maximum Gasteiger partial charge on any atom is 0.148 e. The van der Waals surface area contributed by atoms with E-state index >= 15 is 0 Å². The van der Waals surface area contributed by atoms with Crippen LogP contribution in [0.15, 0.2) is 36.7 Å². The van der Waals surface area contributed by atoms with Gasteiger partial charge in [-0.2, -0.15) is 20.1 Å². The van der Waals surface area contributed by atoms with Crippen molar-refractivity contribution in [2.45, 2.75) is 32.7 Å². The number of likely N-dealkylation sites (tertiary alicyclic amines) is 1. The average Bonchev–Trinajstić information content (AvgIpc) is 3.49. The van der Waals surface area contributed by atoms with Gasteiger partial charge in [0.25, 0.3) is 0 Å². The summed E-state index contributed by atoms with van der Waals surface area (Å²) in [5.41, 5.74) is 4.45. The molecule has 1 saturated heterocycles. The molecule has 2 N–H and O–H groups in total. The molecular formula is C22H29N9. The second-order valence-electron chi connectivity index (χ2n) is 7.66. The molecule has 4 heterocycles. The van der Waals surface area contributed by atoms with E-state index in [0.717, 1.165) is 45.8 Å². The Labute approximate surface area is 181 Å². The zero-order valence-corrected chi connectivity index (χ0v) is 18.3. The molecule has 1 fully saturated rings. The molecule has 0 unspecified atom stereocenters. The highest BCUT2D eigenvalue weighted by Gasteiger charge is 2.14. The Morgan fingerprint density at radius 1 is 0.968 bits per heavy atom. The van der Waals surface area contributed by atoms with Crippen LogP contribution in [0.4, 0.5) is 5.82 Å². The fourth-order valence-electron chi connectivity index (χ4n) is 3.71. The number of aryl methyl sites for hydroxylation is 1. The lowest BCUT2D eigenvalue weighted by atomic mass is 10.0. The van der Waals surface area contributed by atoms with Crippen molar-refractivity contribution >= 4 is 16.7 Å². The number of nitrogens with zero attached hydrogens (tertiary/aromatic N) is 7. The summed E-state index contributed by atoms with van der Waals surface area (Å²) in [6, 6.07) is 7.85. The van der Waals surface area contributed by atoms with Crippen LogP contribution >= 0.6 is 0 Å². The number of hydrogen-bond donors (Lipinski definition) is 2. The van der Waals surface area contributed by atoms with Crippen molar-refractivity contribution in [3.05, 3.63) is 36.7 Å². The predicted octanol–water partition coefficient (Wildman–Crippen LogP) is 3.44. The van der Waals surface area contributed by atoms with Crippen LogP contribution in [0.2, 0.25) is 0 Å². The molecule has 0 atom stereocenters. The van der Waals surface area contributed by atoms with E-state index in [1.165, 1.54) is 32.4 Å². The second-order valence-corrected chi connectivity index (χ2v) is 7.66. The van der Waals surface area contributed by atoms with Gasteiger partial charge in [0.15, 0.2) is 0 Å². The number of H-pyrrole nitrogens is 1. The maximum absolute atomic E-state index is 4.48. The van der Waals surface area contributed by atoms with Gasteiger partial charge in [0.1, 0.15) is 11.5 Å². The molecule has 162 valence electrons. The van der Waals surface area contributed by atoms with Crippen LogP contribution in [0, 0.1) is 0 Å². The Balaban J connectivity index is 0.000000282. The minimum absolute atomic E-state index is 0.729. The first-order chi connectivity index (χ1) is 15.2. The molecule has 9 nitrogen and oxygen atoms in total. The summed E-state index contributed by atoms with van der Waals surface area (Å²) < 4.78 is 0. The maximum atomic E-state index is 4.48. The number of nitrogens with one attached hydrogen (secondary N) is 2. The molecule has 4 aromatic rings. The lowest BCUT2D eigenvalue weighted by Gasteiger charge is -2.20. The van der Waals surface area contributed by atoms with Gasteiger partial charge in [-0.05, 0) is 58.1 Å². The third-order valence-electron chi connectivity index (χ3n) is 5.49. The molecule has 1 aliphatic heterocycles. The molecule has 0 amide bonds.